The molecule has 1 aromatic rings. The minimum atomic E-state index is 0.959. The first-order valence-electron chi connectivity index (χ1n) is 3.12. The molecule has 1 nitrogen and oxygen atoms in total. The largest absolute Gasteiger partial charge is 0.357 e. The molecular formula is C7H10BN. The minimum absolute atomic E-state index is 0.959. The lowest BCUT2D eigenvalue weighted by molar-refractivity contribution is 1.26. The maximum atomic E-state index is 3.08. The van der Waals surface area contributed by atoms with E-state index in [0.29, 0.717) is 0 Å². The van der Waals surface area contributed by atoms with Crippen LogP contribution < -0.4 is 10.7 Å². The molecule has 0 amide bonds. The number of nitrogens with one attached hydrogen (secondary N) is 1. The van der Waals surface area contributed by atoms with E-state index in [1.165, 1.54) is 5.46 Å². The van der Waals surface area contributed by atoms with Crippen LogP contribution in [0.1, 0.15) is 0 Å². The van der Waals surface area contributed by atoms with Gasteiger partial charge in [0.1, 0.15) is 0 Å². The third kappa shape index (κ3) is 1.90. The molecule has 46 valence electrons. The minimum Gasteiger partial charge on any atom is -0.357 e. The third-order valence-electron chi connectivity index (χ3n) is 1.22. The van der Waals surface area contributed by atoms with Crippen molar-refractivity contribution in [3.63, 3.8) is 0 Å². The first-order valence-corrected chi connectivity index (χ1v) is 3.12. The SMILES string of the molecule is CNBc1ccccc1. The lowest BCUT2D eigenvalue weighted by atomic mass is 9.84. The second-order valence-electron chi connectivity index (χ2n) is 2.02. The van der Waals surface area contributed by atoms with Gasteiger partial charge in [-0.1, -0.05) is 35.8 Å². The van der Waals surface area contributed by atoms with Gasteiger partial charge < -0.3 is 5.23 Å². The van der Waals surface area contributed by atoms with Crippen molar-refractivity contribution in [2.75, 3.05) is 7.05 Å². The van der Waals surface area contributed by atoms with Gasteiger partial charge in [0.2, 0.25) is 7.41 Å². The number of hydrogen-bond donors (Lipinski definition) is 1. The molecule has 0 fully saturated rings. The van der Waals surface area contributed by atoms with Gasteiger partial charge in [-0.3, -0.25) is 0 Å². The van der Waals surface area contributed by atoms with Gasteiger partial charge in [-0.15, -0.1) is 0 Å². The second-order valence-corrected chi connectivity index (χ2v) is 2.02. The van der Waals surface area contributed by atoms with Crippen molar-refractivity contribution < 1.29 is 0 Å². The highest BCUT2D eigenvalue weighted by Crippen LogP contribution is 1.78. The van der Waals surface area contributed by atoms with Crippen molar-refractivity contribution in [2.45, 2.75) is 0 Å². The fourth-order valence-corrected chi connectivity index (χ4v) is 0.800. The summed E-state index contributed by atoms with van der Waals surface area (Å²) in [6.07, 6.45) is 0. The van der Waals surface area contributed by atoms with Gasteiger partial charge in [-0.2, -0.15) is 0 Å². The van der Waals surface area contributed by atoms with Gasteiger partial charge in [0.05, 0.1) is 0 Å². The lowest BCUT2D eigenvalue weighted by Gasteiger charge is -1.93. The van der Waals surface area contributed by atoms with Gasteiger partial charge in [0.25, 0.3) is 0 Å². The normalized spacial score (nSPS) is 9.00. The zero-order valence-electron chi connectivity index (χ0n) is 5.59. The molecule has 0 aliphatic rings. The predicted octanol–water partition coefficient (Wildman–Crippen LogP) is -0.117. The number of benzene rings is 1. The maximum absolute atomic E-state index is 3.08. The summed E-state index contributed by atoms with van der Waals surface area (Å²) in [5.41, 5.74) is 1.33. The van der Waals surface area contributed by atoms with E-state index in [1.54, 1.807) is 0 Å². The van der Waals surface area contributed by atoms with Gasteiger partial charge >= 0.3 is 0 Å². The van der Waals surface area contributed by atoms with Crippen LogP contribution in [-0.4, -0.2) is 14.5 Å². The quantitative estimate of drug-likeness (QED) is 0.535. The molecule has 1 aromatic carbocycles. The number of hydrogen-bond acceptors (Lipinski definition) is 1. The van der Waals surface area contributed by atoms with Crippen molar-refractivity contribution in [1.82, 2.24) is 5.23 Å². The molecule has 0 saturated carbocycles. The Bertz CT molecular complexity index is 162. The van der Waals surface area contributed by atoms with Crippen LogP contribution in [0.2, 0.25) is 0 Å². The Morgan fingerprint density at radius 3 is 2.44 bits per heavy atom. The van der Waals surface area contributed by atoms with E-state index in [0.717, 1.165) is 7.41 Å². The molecule has 0 saturated heterocycles. The summed E-state index contributed by atoms with van der Waals surface area (Å²) in [6.45, 7) is 0. The summed E-state index contributed by atoms with van der Waals surface area (Å²) in [4.78, 5) is 0. The monoisotopic (exact) mass is 119 g/mol. The van der Waals surface area contributed by atoms with Crippen LogP contribution in [0.4, 0.5) is 0 Å². The van der Waals surface area contributed by atoms with Crippen molar-refractivity contribution in [1.29, 1.82) is 0 Å². The van der Waals surface area contributed by atoms with Gasteiger partial charge in [-0.25, -0.2) is 0 Å². The molecule has 0 atom stereocenters. The fraction of sp³-hybridized carbons (Fsp3) is 0.143. The first-order chi connectivity index (χ1) is 4.43. The Balaban J connectivity index is 2.61. The first kappa shape index (κ1) is 6.37. The van der Waals surface area contributed by atoms with Gasteiger partial charge in [0, 0.05) is 0 Å². The second kappa shape index (κ2) is 3.31. The van der Waals surface area contributed by atoms with E-state index >= 15 is 0 Å². The number of rotatable bonds is 2. The van der Waals surface area contributed by atoms with Crippen LogP contribution >= 0.6 is 0 Å². The predicted molar refractivity (Wildman–Crippen MR) is 42.3 cm³/mol. The highest BCUT2D eigenvalue weighted by atomic mass is 14.7. The van der Waals surface area contributed by atoms with Gasteiger partial charge in [0.15, 0.2) is 0 Å². The molecule has 1 rings (SSSR count). The smallest absolute Gasteiger partial charge is 0.235 e. The summed E-state index contributed by atoms with van der Waals surface area (Å²) in [5.74, 6) is 0. The Morgan fingerprint density at radius 1 is 1.22 bits per heavy atom. The van der Waals surface area contributed by atoms with E-state index in [4.69, 9.17) is 0 Å². The van der Waals surface area contributed by atoms with E-state index in [2.05, 4.69) is 17.4 Å². The molecule has 0 aliphatic carbocycles. The van der Waals surface area contributed by atoms with Crippen LogP contribution in [0, 0.1) is 0 Å². The molecule has 0 unspecified atom stereocenters. The topological polar surface area (TPSA) is 12.0 Å². The van der Waals surface area contributed by atoms with Crippen molar-refractivity contribution >= 4 is 12.9 Å². The Labute approximate surface area is 56.4 Å². The van der Waals surface area contributed by atoms with E-state index in [1.807, 2.05) is 25.2 Å². The molecule has 0 heterocycles. The van der Waals surface area contributed by atoms with E-state index < -0.39 is 0 Å². The van der Waals surface area contributed by atoms with Crippen molar-refractivity contribution in [3.05, 3.63) is 30.3 Å². The molecule has 0 aliphatic heterocycles. The lowest BCUT2D eigenvalue weighted by Crippen LogP contribution is -2.26. The van der Waals surface area contributed by atoms with Crippen LogP contribution in [0.25, 0.3) is 0 Å². The summed E-state index contributed by atoms with van der Waals surface area (Å²) in [6, 6.07) is 10.3. The summed E-state index contributed by atoms with van der Waals surface area (Å²) >= 11 is 0. The standard InChI is InChI=1S/C7H10BN/c1-9-8-7-5-3-2-4-6-7/h2-6,8-9H,1H3. The Kier molecular flexibility index (Phi) is 2.34. The van der Waals surface area contributed by atoms with E-state index in [-0.39, 0.29) is 0 Å². The summed E-state index contributed by atoms with van der Waals surface area (Å²) < 4.78 is 0. The van der Waals surface area contributed by atoms with Crippen molar-refractivity contribution in [2.24, 2.45) is 0 Å². The average Bonchev–Trinajstić information content (AvgIpc) is 1.91. The highest BCUT2D eigenvalue weighted by molar-refractivity contribution is 6.50. The molecular weight excluding hydrogens is 109 g/mol. The van der Waals surface area contributed by atoms with Crippen molar-refractivity contribution in [3.8, 4) is 0 Å². The zero-order valence-corrected chi connectivity index (χ0v) is 5.59. The van der Waals surface area contributed by atoms with E-state index in [9.17, 15) is 0 Å². The average molecular weight is 119 g/mol. The molecule has 2 heteroatoms. The third-order valence-corrected chi connectivity index (χ3v) is 1.22. The maximum Gasteiger partial charge on any atom is 0.235 e. The Hall–Kier alpha value is -0.755. The molecule has 1 N–H and O–H groups in total. The summed E-state index contributed by atoms with van der Waals surface area (Å²) in [7, 11) is 2.91. The van der Waals surface area contributed by atoms with Crippen LogP contribution in [0.15, 0.2) is 30.3 Å². The fourth-order valence-electron chi connectivity index (χ4n) is 0.800. The molecule has 9 heavy (non-hydrogen) atoms. The summed E-state index contributed by atoms with van der Waals surface area (Å²) in [5, 5.41) is 3.08. The molecule has 0 spiro atoms. The molecule has 0 bridgehead atoms. The Morgan fingerprint density at radius 2 is 1.89 bits per heavy atom. The highest BCUT2D eigenvalue weighted by Gasteiger charge is 1.87. The molecule has 0 aromatic heterocycles. The van der Waals surface area contributed by atoms with Gasteiger partial charge in [-0.05, 0) is 7.05 Å². The van der Waals surface area contributed by atoms with Crippen LogP contribution in [0.3, 0.4) is 0 Å². The van der Waals surface area contributed by atoms with Crippen LogP contribution in [0.5, 0.6) is 0 Å². The van der Waals surface area contributed by atoms with Crippen LogP contribution in [-0.2, 0) is 0 Å². The zero-order chi connectivity index (χ0) is 6.53. The molecule has 0 radical (unpaired) electrons.